The predicted molar refractivity (Wildman–Crippen MR) is 169 cm³/mol. The van der Waals surface area contributed by atoms with Gasteiger partial charge in [-0.05, 0) is 74.7 Å². The van der Waals surface area contributed by atoms with Crippen LogP contribution in [0.25, 0.3) is 0 Å². The lowest BCUT2D eigenvalue weighted by atomic mass is 10.1. The summed E-state index contributed by atoms with van der Waals surface area (Å²) < 4.78 is 29.6. The molecule has 3 aromatic carbocycles. The van der Waals surface area contributed by atoms with Gasteiger partial charge in [-0.25, -0.2) is 8.42 Å². The lowest BCUT2D eigenvalue weighted by molar-refractivity contribution is -0.140. The van der Waals surface area contributed by atoms with Crippen LogP contribution in [0.4, 0.5) is 5.69 Å². The number of hydrogen-bond donors (Lipinski definition) is 1. The summed E-state index contributed by atoms with van der Waals surface area (Å²) in [5, 5.41) is 3.72. The minimum absolute atomic E-state index is 0.0157. The molecule has 3 aromatic rings. The molecule has 0 heterocycles. The first-order valence-corrected chi connectivity index (χ1v) is 16.2. The zero-order valence-corrected chi connectivity index (χ0v) is 27.3. The molecule has 0 aliphatic carbocycles. The fraction of sp³-hybridized carbons (Fsp3) is 0.333. The highest BCUT2D eigenvalue weighted by Crippen LogP contribution is 2.28. The molecule has 3 rings (SSSR count). The molecule has 0 aliphatic rings. The summed E-state index contributed by atoms with van der Waals surface area (Å²) in [5.74, 6) is -0.881. The van der Waals surface area contributed by atoms with Gasteiger partial charge in [-0.3, -0.25) is 13.9 Å². The lowest BCUT2D eigenvalue weighted by Gasteiger charge is -2.34. The second-order valence-electron chi connectivity index (χ2n) is 9.80. The molecule has 0 radical (unpaired) electrons. The number of aryl methyl sites for hydroxylation is 1. The molecule has 220 valence electrons. The number of nitrogens with zero attached hydrogens (tertiary/aromatic N) is 2. The molecular weight excluding hydrogens is 649 g/mol. The number of rotatable bonds is 12. The molecule has 1 N–H and O–H groups in total. The van der Waals surface area contributed by atoms with Crippen molar-refractivity contribution in [2.24, 2.45) is 0 Å². The molecule has 0 saturated heterocycles. The number of amides is 2. The molecule has 0 aromatic heterocycles. The third kappa shape index (κ3) is 8.47. The van der Waals surface area contributed by atoms with Crippen LogP contribution in [0.15, 0.2) is 76.1 Å². The number of anilines is 1. The monoisotopic (exact) mass is 681 g/mol. The van der Waals surface area contributed by atoms with Crippen LogP contribution in [-0.4, -0.2) is 43.8 Å². The SMILES string of the molecule is CCC(C)NC(=O)C(CC)N(Cc1ccc(Cl)cc1Cl)C(=O)CN(c1cccc(Br)c1)S(=O)(=O)c1ccc(C)cc1. The number of halogens is 3. The molecule has 0 bridgehead atoms. The van der Waals surface area contributed by atoms with Crippen molar-refractivity contribution in [1.82, 2.24) is 10.2 Å². The highest BCUT2D eigenvalue weighted by Gasteiger charge is 2.34. The Kier molecular flexibility index (Phi) is 11.7. The maximum Gasteiger partial charge on any atom is 0.264 e. The van der Waals surface area contributed by atoms with Gasteiger partial charge < -0.3 is 10.2 Å². The van der Waals surface area contributed by atoms with Crippen LogP contribution in [0.3, 0.4) is 0 Å². The van der Waals surface area contributed by atoms with Gasteiger partial charge >= 0.3 is 0 Å². The van der Waals surface area contributed by atoms with Crippen LogP contribution in [0.1, 0.15) is 44.7 Å². The third-order valence-corrected chi connectivity index (χ3v) is 9.60. The molecule has 0 aliphatic heterocycles. The lowest BCUT2D eigenvalue weighted by Crippen LogP contribution is -2.53. The van der Waals surface area contributed by atoms with Crippen LogP contribution in [-0.2, 0) is 26.2 Å². The first-order valence-electron chi connectivity index (χ1n) is 13.3. The van der Waals surface area contributed by atoms with E-state index in [1.807, 2.05) is 20.8 Å². The standard InChI is InChI=1S/C30H34BrCl2N3O4S/c1-5-21(4)34-30(38)28(6-2)35(18-22-12-13-24(32)17-27(22)33)29(37)19-36(25-9-7-8-23(31)16-25)41(39,40)26-14-10-20(3)11-15-26/h7-17,21,28H,5-6,18-19H2,1-4H3,(H,34,38). The topological polar surface area (TPSA) is 86.8 Å². The van der Waals surface area contributed by atoms with Crippen LogP contribution in [0.5, 0.6) is 0 Å². The molecule has 0 spiro atoms. The maximum absolute atomic E-state index is 14.1. The Bertz CT molecular complexity index is 1490. The predicted octanol–water partition coefficient (Wildman–Crippen LogP) is 6.98. The third-order valence-electron chi connectivity index (χ3n) is 6.73. The van der Waals surface area contributed by atoms with Gasteiger partial charge in [-0.1, -0.05) is 82.8 Å². The summed E-state index contributed by atoms with van der Waals surface area (Å²) in [5.41, 5.74) is 1.78. The van der Waals surface area contributed by atoms with Crippen LogP contribution >= 0.6 is 39.1 Å². The van der Waals surface area contributed by atoms with Crippen molar-refractivity contribution in [2.45, 2.75) is 64.1 Å². The second-order valence-corrected chi connectivity index (χ2v) is 13.4. The van der Waals surface area contributed by atoms with E-state index in [1.54, 1.807) is 61.5 Å². The molecule has 0 saturated carbocycles. The zero-order valence-electron chi connectivity index (χ0n) is 23.4. The fourth-order valence-electron chi connectivity index (χ4n) is 4.19. The molecule has 0 fully saturated rings. The Labute approximate surface area is 261 Å². The quantitative estimate of drug-likeness (QED) is 0.223. The van der Waals surface area contributed by atoms with Crippen molar-refractivity contribution < 1.29 is 18.0 Å². The van der Waals surface area contributed by atoms with E-state index >= 15 is 0 Å². The van der Waals surface area contributed by atoms with Crippen LogP contribution < -0.4 is 9.62 Å². The summed E-state index contributed by atoms with van der Waals surface area (Å²) in [6, 6.07) is 17.1. The van der Waals surface area contributed by atoms with Crippen molar-refractivity contribution in [3.05, 3.63) is 92.4 Å². The molecule has 2 unspecified atom stereocenters. The van der Waals surface area contributed by atoms with E-state index in [2.05, 4.69) is 21.2 Å². The molecular formula is C30H34BrCl2N3O4S. The van der Waals surface area contributed by atoms with Crippen molar-refractivity contribution in [3.8, 4) is 0 Å². The van der Waals surface area contributed by atoms with Gasteiger partial charge in [-0.15, -0.1) is 0 Å². The van der Waals surface area contributed by atoms with Crippen molar-refractivity contribution >= 4 is 66.7 Å². The van der Waals surface area contributed by atoms with E-state index < -0.39 is 28.5 Å². The Balaban J connectivity index is 2.08. The Hall–Kier alpha value is -2.59. The minimum Gasteiger partial charge on any atom is -0.352 e. The molecule has 7 nitrogen and oxygen atoms in total. The Morgan fingerprint density at radius 2 is 1.66 bits per heavy atom. The second kappa shape index (κ2) is 14.5. The normalized spacial score (nSPS) is 12.9. The van der Waals surface area contributed by atoms with Gasteiger partial charge in [0.05, 0.1) is 10.6 Å². The van der Waals surface area contributed by atoms with Crippen molar-refractivity contribution in [2.75, 3.05) is 10.8 Å². The number of carbonyl (C=O) groups excluding carboxylic acids is 2. The number of hydrogen-bond acceptors (Lipinski definition) is 4. The minimum atomic E-state index is -4.16. The van der Waals surface area contributed by atoms with Crippen molar-refractivity contribution in [3.63, 3.8) is 0 Å². The fourth-order valence-corrected chi connectivity index (χ4v) is 6.45. The number of nitrogens with one attached hydrogen (secondary N) is 1. The van der Waals surface area contributed by atoms with Crippen molar-refractivity contribution in [1.29, 1.82) is 0 Å². The zero-order chi connectivity index (χ0) is 30.3. The average molecular weight is 683 g/mol. The number of benzene rings is 3. The Morgan fingerprint density at radius 1 is 0.976 bits per heavy atom. The van der Waals surface area contributed by atoms with Gasteiger partial charge in [0.15, 0.2) is 0 Å². The maximum atomic E-state index is 14.1. The molecule has 11 heteroatoms. The first kappa shape index (κ1) is 32.9. The van der Waals surface area contributed by atoms with Gasteiger partial charge in [0, 0.05) is 27.1 Å². The molecule has 2 atom stereocenters. The summed E-state index contributed by atoms with van der Waals surface area (Å²) in [7, 11) is -4.16. The summed E-state index contributed by atoms with van der Waals surface area (Å²) in [4.78, 5) is 29.0. The highest BCUT2D eigenvalue weighted by molar-refractivity contribution is 9.10. The summed E-state index contributed by atoms with van der Waals surface area (Å²) in [6.45, 7) is 6.95. The molecule has 2 amide bonds. The first-order chi connectivity index (χ1) is 19.4. The van der Waals surface area contributed by atoms with Gasteiger partial charge in [0.2, 0.25) is 11.8 Å². The van der Waals surface area contributed by atoms with Crippen LogP contribution in [0, 0.1) is 6.92 Å². The highest BCUT2D eigenvalue weighted by atomic mass is 79.9. The van der Waals surface area contributed by atoms with E-state index in [1.165, 1.54) is 17.0 Å². The van der Waals surface area contributed by atoms with E-state index in [4.69, 9.17) is 23.2 Å². The van der Waals surface area contributed by atoms with E-state index in [0.717, 1.165) is 9.87 Å². The van der Waals surface area contributed by atoms with Gasteiger partial charge in [0.1, 0.15) is 12.6 Å². The van der Waals surface area contributed by atoms with E-state index in [-0.39, 0.29) is 23.4 Å². The number of sulfonamides is 1. The smallest absolute Gasteiger partial charge is 0.264 e. The van der Waals surface area contributed by atoms with E-state index in [9.17, 15) is 18.0 Å². The Morgan fingerprint density at radius 3 is 2.24 bits per heavy atom. The van der Waals surface area contributed by atoms with Crippen LogP contribution in [0.2, 0.25) is 10.0 Å². The van der Waals surface area contributed by atoms with Gasteiger partial charge in [0.25, 0.3) is 10.0 Å². The van der Waals surface area contributed by atoms with E-state index in [0.29, 0.717) is 38.6 Å². The largest absolute Gasteiger partial charge is 0.352 e. The summed E-state index contributed by atoms with van der Waals surface area (Å²) in [6.07, 6.45) is 1.02. The number of carbonyl (C=O) groups is 2. The summed E-state index contributed by atoms with van der Waals surface area (Å²) >= 11 is 16.0. The average Bonchev–Trinajstić information content (AvgIpc) is 2.92. The molecule has 41 heavy (non-hydrogen) atoms. The van der Waals surface area contributed by atoms with Gasteiger partial charge in [-0.2, -0.15) is 0 Å².